The summed E-state index contributed by atoms with van der Waals surface area (Å²) < 4.78 is 0. The molecule has 11 nitrogen and oxygen atoms in total. The molecule has 0 bridgehead atoms. The molecule has 2 fully saturated rings. The Balaban J connectivity index is 1.14. The van der Waals surface area contributed by atoms with Crippen molar-refractivity contribution >= 4 is 29.4 Å². The van der Waals surface area contributed by atoms with Gasteiger partial charge in [0.15, 0.2) is 5.82 Å². The number of urea groups is 1. The van der Waals surface area contributed by atoms with Gasteiger partial charge in [-0.2, -0.15) is 10.1 Å². The van der Waals surface area contributed by atoms with Gasteiger partial charge in [-0.25, -0.2) is 14.8 Å². The normalized spacial score (nSPS) is 16.8. The number of rotatable bonds is 6. The molecule has 0 aliphatic carbocycles. The number of hydrogen-bond acceptors (Lipinski definition) is 8. The molecule has 0 spiro atoms. The van der Waals surface area contributed by atoms with Gasteiger partial charge in [-0.3, -0.25) is 5.10 Å². The molecule has 2 saturated heterocycles. The molecule has 2 aliphatic rings. The first-order valence-electron chi connectivity index (χ1n) is 12.6. The van der Waals surface area contributed by atoms with Crippen LogP contribution < -0.4 is 20.4 Å². The quantitative estimate of drug-likeness (QED) is 0.482. The van der Waals surface area contributed by atoms with Gasteiger partial charge in [0.05, 0.1) is 6.04 Å². The molecule has 11 heteroatoms. The average molecular weight is 491 g/mol. The molecule has 5 heterocycles. The second-order valence-electron chi connectivity index (χ2n) is 9.54. The molecular weight excluding hydrogens is 456 g/mol. The molecule has 0 aromatic carbocycles. The molecule has 0 saturated carbocycles. The fraction of sp³-hybridized carbons (Fsp3) is 0.480. The third-order valence-electron chi connectivity index (χ3n) is 6.69. The van der Waals surface area contributed by atoms with Crippen molar-refractivity contribution in [1.82, 2.24) is 35.4 Å². The maximum Gasteiger partial charge on any atom is 0.317 e. The predicted octanol–water partition coefficient (Wildman–Crippen LogP) is 3.15. The van der Waals surface area contributed by atoms with Gasteiger partial charge in [-0.15, -0.1) is 0 Å². The number of amides is 2. The molecule has 190 valence electrons. The summed E-state index contributed by atoms with van der Waals surface area (Å²) in [5, 5.41) is 13.5. The van der Waals surface area contributed by atoms with E-state index in [1.807, 2.05) is 44.0 Å². The van der Waals surface area contributed by atoms with Gasteiger partial charge in [0.2, 0.25) is 5.95 Å². The molecule has 3 aromatic heterocycles. The zero-order chi connectivity index (χ0) is 25.1. The number of aromatic amines is 1. The van der Waals surface area contributed by atoms with Crippen molar-refractivity contribution in [2.45, 2.75) is 39.7 Å². The molecular formula is C25H34N10O. The highest BCUT2D eigenvalue weighted by Gasteiger charge is 2.24. The molecule has 2 amide bonds. The molecule has 3 aromatic rings. The lowest BCUT2D eigenvalue weighted by molar-refractivity contribution is 0.191. The van der Waals surface area contributed by atoms with Crippen molar-refractivity contribution in [3.63, 3.8) is 0 Å². The minimum absolute atomic E-state index is 0.0628. The zero-order valence-corrected chi connectivity index (χ0v) is 21.2. The highest BCUT2D eigenvalue weighted by atomic mass is 16.2. The van der Waals surface area contributed by atoms with Crippen molar-refractivity contribution in [1.29, 1.82) is 0 Å². The Kier molecular flexibility index (Phi) is 6.88. The second-order valence-corrected chi connectivity index (χ2v) is 9.54. The number of H-pyrrole nitrogens is 1. The van der Waals surface area contributed by atoms with Crippen molar-refractivity contribution in [3.05, 3.63) is 47.4 Å². The van der Waals surface area contributed by atoms with Crippen LogP contribution in [0.2, 0.25) is 0 Å². The number of nitrogens with zero attached hydrogens (tertiary/aromatic N) is 7. The fourth-order valence-electron chi connectivity index (χ4n) is 4.63. The Bertz CT molecular complexity index is 1180. The highest BCUT2D eigenvalue weighted by Crippen LogP contribution is 2.21. The van der Waals surface area contributed by atoms with E-state index in [0.717, 1.165) is 35.9 Å². The average Bonchev–Trinajstić information content (AvgIpc) is 3.56. The molecule has 0 radical (unpaired) electrons. The summed E-state index contributed by atoms with van der Waals surface area (Å²) in [7, 11) is 0. The van der Waals surface area contributed by atoms with E-state index in [2.05, 4.69) is 57.7 Å². The van der Waals surface area contributed by atoms with Crippen LogP contribution in [0, 0.1) is 13.8 Å². The van der Waals surface area contributed by atoms with Crippen LogP contribution in [-0.2, 0) is 0 Å². The zero-order valence-electron chi connectivity index (χ0n) is 21.2. The van der Waals surface area contributed by atoms with E-state index in [9.17, 15) is 4.79 Å². The lowest BCUT2D eigenvalue weighted by Gasteiger charge is -2.35. The van der Waals surface area contributed by atoms with Crippen LogP contribution in [0.1, 0.15) is 42.8 Å². The van der Waals surface area contributed by atoms with Gasteiger partial charge in [-0.1, -0.05) is 6.07 Å². The van der Waals surface area contributed by atoms with Gasteiger partial charge in [-0.05, 0) is 45.2 Å². The van der Waals surface area contributed by atoms with Crippen LogP contribution in [0.4, 0.5) is 28.2 Å². The lowest BCUT2D eigenvalue weighted by Crippen LogP contribution is -2.52. The van der Waals surface area contributed by atoms with Crippen LogP contribution in [0.5, 0.6) is 0 Å². The van der Waals surface area contributed by atoms with Gasteiger partial charge in [0.25, 0.3) is 0 Å². The summed E-state index contributed by atoms with van der Waals surface area (Å²) in [5.74, 6) is 3.08. The maximum absolute atomic E-state index is 12.9. The Morgan fingerprint density at radius 1 is 0.972 bits per heavy atom. The summed E-state index contributed by atoms with van der Waals surface area (Å²) in [5.41, 5.74) is 2.85. The smallest absolute Gasteiger partial charge is 0.317 e. The van der Waals surface area contributed by atoms with Crippen LogP contribution in [-0.4, -0.2) is 75.3 Å². The number of carbonyl (C=O) groups is 1. The van der Waals surface area contributed by atoms with Crippen LogP contribution in [0.25, 0.3) is 0 Å². The summed E-state index contributed by atoms with van der Waals surface area (Å²) >= 11 is 0. The van der Waals surface area contributed by atoms with Gasteiger partial charge in [0, 0.05) is 69.0 Å². The first-order valence-corrected chi connectivity index (χ1v) is 12.6. The molecule has 2 aliphatic heterocycles. The molecule has 5 rings (SSSR count). The minimum atomic E-state index is -0.116. The fourth-order valence-corrected chi connectivity index (χ4v) is 4.63. The number of aromatic nitrogens is 5. The van der Waals surface area contributed by atoms with Gasteiger partial charge < -0.3 is 25.3 Å². The summed E-state index contributed by atoms with van der Waals surface area (Å²) in [4.78, 5) is 33.1. The van der Waals surface area contributed by atoms with Crippen LogP contribution in [0.3, 0.4) is 0 Å². The minimum Gasteiger partial charge on any atom is -0.357 e. The standard InChI is InChI=1S/C25H34N10O/c1-17-14-21(29-22-15-18(2)31-32-22)30-24(27-17)34-10-12-35(13-11-34)25(36)28-19(3)20-6-7-23(26-16-20)33-8-4-5-9-33/h6-7,14-16,19H,4-5,8-13H2,1-3H3,(H,28,36)(H2,27,29,30,31,32)/t19-/m0/s1. The van der Waals surface area contributed by atoms with Crippen molar-refractivity contribution < 1.29 is 4.79 Å². The van der Waals surface area contributed by atoms with Crippen molar-refractivity contribution in [2.24, 2.45) is 0 Å². The third-order valence-corrected chi connectivity index (χ3v) is 6.69. The number of hydrogen-bond donors (Lipinski definition) is 3. The van der Waals surface area contributed by atoms with Crippen molar-refractivity contribution in [3.8, 4) is 0 Å². The Hall–Kier alpha value is -3.89. The van der Waals surface area contributed by atoms with E-state index < -0.39 is 0 Å². The van der Waals surface area contributed by atoms with E-state index in [4.69, 9.17) is 0 Å². The van der Waals surface area contributed by atoms with Gasteiger partial charge in [0.1, 0.15) is 11.6 Å². The van der Waals surface area contributed by atoms with Gasteiger partial charge >= 0.3 is 6.03 Å². The monoisotopic (exact) mass is 490 g/mol. The summed E-state index contributed by atoms with van der Waals surface area (Å²) in [6.07, 6.45) is 4.32. The predicted molar refractivity (Wildman–Crippen MR) is 140 cm³/mol. The first-order chi connectivity index (χ1) is 17.4. The Morgan fingerprint density at radius 3 is 2.42 bits per heavy atom. The summed E-state index contributed by atoms with van der Waals surface area (Å²) in [6.45, 7) is 10.6. The van der Waals surface area contributed by atoms with E-state index in [0.29, 0.717) is 43.8 Å². The number of aryl methyl sites for hydroxylation is 2. The second kappa shape index (κ2) is 10.4. The topological polar surface area (TPSA) is 118 Å². The molecule has 0 unspecified atom stereocenters. The summed E-state index contributed by atoms with van der Waals surface area (Å²) in [6, 6.07) is 7.76. The third kappa shape index (κ3) is 5.50. The Morgan fingerprint density at radius 2 is 1.75 bits per heavy atom. The molecule has 3 N–H and O–H groups in total. The molecule has 1 atom stereocenters. The maximum atomic E-state index is 12.9. The van der Waals surface area contributed by atoms with E-state index in [1.165, 1.54) is 12.8 Å². The first kappa shape index (κ1) is 23.8. The highest BCUT2D eigenvalue weighted by molar-refractivity contribution is 5.75. The van der Waals surface area contributed by atoms with E-state index >= 15 is 0 Å². The number of pyridine rings is 1. The van der Waals surface area contributed by atoms with Crippen LogP contribution >= 0.6 is 0 Å². The largest absolute Gasteiger partial charge is 0.357 e. The molecule has 36 heavy (non-hydrogen) atoms. The number of nitrogens with one attached hydrogen (secondary N) is 3. The number of carbonyl (C=O) groups excluding carboxylic acids is 1. The number of anilines is 4. The van der Waals surface area contributed by atoms with Crippen LogP contribution in [0.15, 0.2) is 30.5 Å². The number of piperazine rings is 1. The van der Waals surface area contributed by atoms with E-state index in [1.54, 1.807) is 0 Å². The SMILES string of the molecule is Cc1cc(Nc2cc(C)[nH]n2)nc(N2CCN(C(=O)N[C@@H](C)c3ccc(N4CCCC4)nc3)CC2)n1. The Labute approximate surface area is 211 Å². The lowest BCUT2D eigenvalue weighted by atomic mass is 10.1. The van der Waals surface area contributed by atoms with Crippen molar-refractivity contribution in [2.75, 3.05) is 54.4 Å². The van der Waals surface area contributed by atoms with E-state index in [-0.39, 0.29) is 12.1 Å².